The molecule has 0 saturated heterocycles. The van der Waals surface area contributed by atoms with Crippen molar-refractivity contribution in [2.75, 3.05) is 7.11 Å². The van der Waals surface area contributed by atoms with E-state index in [2.05, 4.69) is 7.38 Å². The van der Waals surface area contributed by atoms with Crippen molar-refractivity contribution in [3.63, 3.8) is 0 Å². The van der Waals surface area contributed by atoms with E-state index in [9.17, 15) is 33.0 Å². The second-order valence-corrected chi connectivity index (χ2v) is 10.7. The van der Waals surface area contributed by atoms with Crippen LogP contribution in [0.5, 0.6) is 0 Å². The number of methoxy groups -OCH3 is 1. The first-order valence-electron chi connectivity index (χ1n) is 7.82. The Hall–Kier alpha value is -1.19. The van der Waals surface area contributed by atoms with Gasteiger partial charge in [-0.15, -0.1) is 0 Å². The van der Waals surface area contributed by atoms with E-state index < -0.39 is 67.2 Å². The van der Waals surface area contributed by atoms with Gasteiger partial charge in [-0.25, -0.2) is 0 Å². The minimum absolute atomic E-state index is 0.0691. The Labute approximate surface area is 161 Å². The molecule has 142 valence electrons. The molecule has 0 aromatic heterocycles. The van der Waals surface area contributed by atoms with Crippen molar-refractivity contribution in [2.24, 2.45) is 11.8 Å². The molecule has 1 aromatic rings. The van der Waals surface area contributed by atoms with Gasteiger partial charge in [-0.1, -0.05) is 0 Å². The van der Waals surface area contributed by atoms with E-state index in [1.807, 2.05) is 0 Å². The fourth-order valence-electron chi connectivity index (χ4n) is 2.48. The average molecular weight is 565 g/mol. The van der Waals surface area contributed by atoms with Crippen LogP contribution in [0, 0.1) is 11.8 Å². The van der Waals surface area contributed by atoms with Crippen LogP contribution in [0.2, 0.25) is 3.93 Å². The molecule has 26 heavy (non-hydrogen) atoms. The summed E-state index contributed by atoms with van der Waals surface area (Å²) in [5.41, 5.74) is 0.434. The molecule has 6 nitrogen and oxygen atoms in total. The molecule has 0 spiro atoms. The van der Waals surface area contributed by atoms with Crippen molar-refractivity contribution in [1.82, 2.24) is 0 Å². The van der Waals surface area contributed by atoms with Crippen molar-refractivity contribution >= 4 is 11.9 Å². The molecule has 0 bridgehead atoms. The molecule has 10 heteroatoms. The molecule has 0 heterocycles. The van der Waals surface area contributed by atoms with E-state index in [1.54, 1.807) is 30.3 Å². The van der Waals surface area contributed by atoms with Crippen molar-refractivity contribution in [2.45, 2.75) is 29.2 Å². The van der Waals surface area contributed by atoms with Gasteiger partial charge in [-0.05, 0) is 0 Å². The van der Waals surface area contributed by atoms with Gasteiger partial charge >= 0.3 is 161 Å². The zero-order valence-corrected chi connectivity index (χ0v) is 19.8. The molecule has 0 saturated carbocycles. The van der Waals surface area contributed by atoms with E-state index in [1.165, 1.54) is 6.92 Å². The summed E-state index contributed by atoms with van der Waals surface area (Å²) in [5, 5.41) is 21.0. The second kappa shape index (κ2) is 10.2. The van der Waals surface area contributed by atoms with Crippen LogP contribution >= 0.6 is 0 Å². The zero-order valence-electron chi connectivity index (χ0n) is 14.3. The molecule has 0 fully saturated rings. The number of benzene rings is 1. The fraction of sp³-hybridized carbons (Fsp3) is 0.500. The molecule has 0 aliphatic heterocycles. The van der Waals surface area contributed by atoms with Crippen LogP contribution in [-0.4, -0.2) is 41.5 Å². The van der Waals surface area contributed by atoms with Gasteiger partial charge in [0.15, 0.2) is 0 Å². The SMILES string of the molecule is COC(=O)[C@@H](C)[C@H](O)[C@@H]([CH2][Hg][O]C(=O)C(F)(F)F)[C@@H](O)c1ccccc1. The molecule has 1 aromatic carbocycles. The van der Waals surface area contributed by atoms with Crippen LogP contribution < -0.4 is 0 Å². The van der Waals surface area contributed by atoms with E-state index in [-0.39, 0.29) is 3.93 Å². The summed E-state index contributed by atoms with van der Waals surface area (Å²) in [5.74, 6) is -4.95. The quantitative estimate of drug-likeness (QED) is 0.371. The average Bonchev–Trinajstić information content (AvgIpc) is 2.62. The third-order valence-corrected chi connectivity index (χ3v) is 9.31. The number of aliphatic hydroxyl groups is 2. The third-order valence-electron chi connectivity index (χ3n) is 3.99. The molecular formula is C16H19F3HgO6. The Balaban J connectivity index is 2.91. The maximum absolute atomic E-state index is 12.2. The van der Waals surface area contributed by atoms with Gasteiger partial charge in [0.25, 0.3) is 0 Å². The summed E-state index contributed by atoms with van der Waals surface area (Å²) in [4.78, 5) is 22.5. The number of hydrogen-bond acceptors (Lipinski definition) is 6. The van der Waals surface area contributed by atoms with Crippen LogP contribution in [0.1, 0.15) is 18.6 Å². The number of esters is 1. The van der Waals surface area contributed by atoms with E-state index >= 15 is 0 Å². The molecule has 0 amide bonds. The maximum atomic E-state index is 12.2. The number of carbonyl (C=O) groups is 2. The van der Waals surface area contributed by atoms with E-state index in [0.717, 1.165) is 7.11 Å². The molecular weight excluding hydrogens is 546 g/mol. The number of ether oxygens (including phenoxy) is 1. The Morgan fingerprint density at radius 2 is 1.77 bits per heavy atom. The predicted octanol–water partition coefficient (Wildman–Crippen LogP) is 2.03. The van der Waals surface area contributed by atoms with Gasteiger partial charge in [-0.2, -0.15) is 0 Å². The standard InChI is InChI=1S/C14H19O4.C2HF3O2.Hg/c1-9(12(15)10(2)14(17)18-3)13(16)11-7-5-4-6-8-11;3-2(4,5)1(6)7;/h4-10,12-13,15-16H,1H2,2-3H3;(H,6,7);/q;;+1/p-1/t9-,10+,12-,13-;;/m1../s1. The number of rotatable bonds is 8. The van der Waals surface area contributed by atoms with E-state index in [0.29, 0.717) is 5.56 Å². The number of carbonyl (C=O) groups excluding carboxylic acids is 2. The van der Waals surface area contributed by atoms with Crippen molar-refractivity contribution in [1.29, 1.82) is 0 Å². The van der Waals surface area contributed by atoms with Crippen LogP contribution in [0.4, 0.5) is 13.2 Å². The topological polar surface area (TPSA) is 93.1 Å². The predicted molar refractivity (Wildman–Crippen MR) is 79.0 cm³/mol. The van der Waals surface area contributed by atoms with Gasteiger partial charge < -0.3 is 0 Å². The second-order valence-electron chi connectivity index (χ2n) is 5.74. The first kappa shape index (κ1) is 22.8. The normalized spacial score (nSPS) is 16.0. The van der Waals surface area contributed by atoms with E-state index in [4.69, 9.17) is 0 Å². The first-order chi connectivity index (χ1) is 12.1. The van der Waals surface area contributed by atoms with Crippen molar-refractivity contribution in [3.05, 3.63) is 35.9 Å². The third kappa shape index (κ3) is 6.51. The molecule has 2 N–H and O–H groups in total. The zero-order chi connectivity index (χ0) is 19.9. The number of aliphatic hydroxyl groups excluding tert-OH is 2. The van der Waals surface area contributed by atoms with Gasteiger partial charge in [0.1, 0.15) is 0 Å². The van der Waals surface area contributed by atoms with Crippen LogP contribution in [0.25, 0.3) is 0 Å². The Kier molecular flexibility index (Phi) is 8.98. The molecule has 1 rings (SSSR count). The summed E-state index contributed by atoms with van der Waals surface area (Å²) in [7, 11) is 1.14. The summed E-state index contributed by atoms with van der Waals surface area (Å²) in [6.07, 6.45) is -7.68. The van der Waals surface area contributed by atoms with Crippen molar-refractivity contribution < 1.29 is 65.4 Å². The molecule has 0 aliphatic rings. The summed E-state index contributed by atoms with van der Waals surface area (Å²) in [6, 6.07) is 8.20. The Bertz CT molecular complexity index is 595. The van der Waals surface area contributed by atoms with Gasteiger partial charge in [0.2, 0.25) is 0 Å². The van der Waals surface area contributed by atoms with Gasteiger partial charge in [0.05, 0.1) is 0 Å². The van der Waals surface area contributed by atoms with Gasteiger partial charge in [0, 0.05) is 0 Å². The van der Waals surface area contributed by atoms with Crippen molar-refractivity contribution in [3.8, 4) is 0 Å². The monoisotopic (exact) mass is 566 g/mol. The molecule has 4 atom stereocenters. The van der Waals surface area contributed by atoms with Crippen LogP contribution in [-0.2, 0) is 42.0 Å². The minimum atomic E-state index is -5.08. The summed E-state index contributed by atoms with van der Waals surface area (Å²) >= 11 is -2.88. The number of halogens is 3. The molecule has 0 unspecified atom stereocenters. The Morgan fingerprint density at radius 3 is 2.27 bits per heavy atom. The molecule has 0 radical (unpaired) electrons. The number of alkyl halides is 3. The number of hydrogen-bond donors (Lipinski definition) is 2. The Morgan fingerprint density at radius 1 is 1.19 bits per heavy atom. The fourth-order valence-corrected chi connectivity index (χ4v) is 7.91. The molecule has 0 aliphatic carbocycles. The van der Waals surface area contributed by atoms with Gasteiger partial charge in [-0.3, -0.25) is 0 Å². The summed E-state index contributed by atoms with van der Waals surface area (Å²) < 4.78 is 45.6. The van der Waals surface area contributed by atoms with Crippen LogP contribution in [0.15, 0.2) is 30.3 Å². The summed E-state index contributed by atoms with van der Waals surface area (Å²) in [6.45, 7) is 1.39. The first-order valence-corrected chi connectivity index (χ1v) is 14.0. The van der Waals surface area contributed by atoms with Crippen LogP contribution in [0.3, 0.4) is 0 Å².